The van der Waals surface area contributed by atoms with Crippen molar-refractivity contribution >= 4 is 34.6 Å². The molecular weight excluding hydrogens is 538 g/mol. The second kappa shape index (κ2) is 13.6. The van der Waals surface area contributed by atoms with Gasteiger partial charge in [-0.3, -0.25) is 9.59 Å². The van der Waals surface area contributed by atoms with E-state index in [2.05, 4.69) is 34.8 Å². The summed E-state index contributed by atoms with van der Waals surface area (Å²) in [6.07, 6.45) is 4.37. The van der Waals surface area contributed by atoms with Gasteiger partial charge < -0.3 is 35.1 Å². The van der Waals surface area contributed by atoms with Gasteiger partial charge in [0.05, 0.1) is 36.9 Å². The van der Waals surface area contributed by atoms with Crippen LogP contribution in [0.1, 0.15) is 56.0 Å². The van der Waals surface area contributed by atoms with E-state index >= 15 is 0 Å². The summed E-state index contributed by atoms with van der Waals surface area (Å²) < 4.78 is 16.2. The zero-order valence-corrected chi connectivity index (χ0v) is 25.2. The number of aromatic nitrogens is 3. The van der Waals surface area contributed by atoms with Gasteiger partial charge in [0.15, 0.2) is 5.82 Å². The smallest absolute Gasteiger partial charge is 0.255 e. The van der Waals surface area contributed by atoms with Crippen molar-refractivity contribution in [3.05, 3.63) is 41.6 Å². The van der Waals surface area contributed by atoms with Crippen LogP contribution in [-0.4, -0.2) is 84.3 Å². The standard InChI is InChI=1S/C30H41N7O5/c1-7-8-11-30(3,18-33-19(2)38)36-27-26-24(12-21(15-31-26)28(39)37-16-23(17-37)41-5)34-29(35-27)32-14-20-9-10-22(40-4)13-25(20)42-6/h9-10,12-13,15,23H,7-8,11,14,16-18H2,1-6H3,(H,33,38)(H2,32,34,35,36)/t30-/m1/s1. The first-order valence-electron chi connectivity index (χ1n) is 14.2. The molecule has 42 heavy (non-hydrogen) atoms. The number of carbonyl (C=O) groups excluding carboxylic acids is 2. The SMILES string of the molecule is CCCC[C@](C)(CNC(C)=O)Nc1nc(NCc2ccc(OC)cc2OC)nc2cc(C(=O)N3CC(OC)C3)cnc12. The van der Waals surface area contributed by atoms with Crippen molar-refractivity contribution in [2.75, 3.05) is 51.6 Å². The Kier molecular flexibility index (Phi) is 10.00. The number of unbranched alkanes of at least 4 members (excludes halogenated alkanes) is 1. The topological polar surface area (TPSA) is 140 Å². The molecule has 1 aliphatic heterocycles. The normalized spacial score (nSPS) is 14.6. The molecule has 1 fully saturated rings. The van der Waals surface area contributed by atoms with Crippen molar-refractivity contribution in [3.63, 3.8) is 0 Å². The minimum Gasteiger partial charge on any atom is -0.497 e. The monoisotopic (exact) mass is 579 g/mol. The number of amides is 2. The molecule has 4 rings (SSSR count). The molecule has 2 amide bonds. The Morgan fingerprint density at radius 2 is 1.90 bits per heavy atom. The van der Waals surface area contributed by atoms with Crippen LogP contribution in [0.4, 0.5) is 11.8 Å². The van der Waals surface area contributed by atoms with E-state index in [0.717, 1.165) is 24.8 Å². The molecule has 3 N–H and O–H groups in total. The zero-order chi connectivity index (χ0) is 30.3. The van der Waals surface area contributed by atoms with Crippen LogP contribution in [0.3, 0.4) is 0 Å². The van der Waals surface area contributed by atoms with Crippen molar-refractivity contribution in [3.8, 4) is 11.5 Å². The molecule has 0 unspecified atom stereocenters. The Bertz CT molecular complexity index is 1410. The van der Waals surface area contributed by atoms with Crippen LogP contribution >= 0.6 is 0 Å². The Hall–Kier alpha value is -4.19. The Morgan fingerprint density at radius 1 is 1.12 bits per heavy atom. The van der Waals surface area contributed by atoms with Crippen molar-refractivity contribution in [2.24, 2.45) is 0 Å². The number of anilines is 2. The summed E-state index contributed by atoms with van der Waals surface area (Å²) >= 11 is 0. The summed E-state index contributed by atoms with van der Waals surface area (Å²) in [6.45, 7) is 7.56. The fourth-order valence-electron chi connectivity index (χ4n) is 4.78. The number of nitrogens with zero attached hydrogens (tertiary/aromatic N) is 4. The molecule has 1 atom stereocenters. The van der Waals surface area contributed by atoms with Crippen molar-refractivity contribution in [1.29, 1.82) is 0 Å². The molecule has 0 bridgehead atoms. The minimum atomic E-state index is -0.498. The highest BCUT2D eigenvalue weighted by atomic mass is 16.5. The lowest BCUT2D eigenvalue weighted by Gasteiger charge is -2.38. The molecule has 0 saturated carbocycles. The molecule has 1 saturated heterocycles. The highest BCUT2D eigenvalue weighted by molar-refractivity contribution is 5.98. The number of hydrogen-bond donors (Lipinski definition) is 3. The third-order valence-corrected chi connectivity index (χ3v) is 7.41. The third kappa shape index (κ3) is 7.35. The predicted octanol–water partition coefficient (Wildman–Crippen LogP) is 3.62. The summed E-state index contributed by atoms with van der Waals surface area (Å²) in [5, 5.41) is 9.79. The largest absolute Gasteiger partial charge is 0.497 e. The van der Waals surface area contributed by atoms with E-state index in [0.29, 0.717) is 66.0 Å². The number of rotatable bonds is 14. The van der Waals surface area contributed by atoms with Gasteiger partial charge in [-0.25, -0.2) is 9.97 Å². The van der Waals surface area contributed by atoms with Gasteiger partial charge in [-0.1, -0.05) is 19.8 Å². The van der Waals surface area contributed by atoms with Crippen LogP contribution in [0.5, 0.6) is 11.5 Å². The first kappa shape index (κ1) is 30.8. The van der Waals surface area contributed by atoms with E-state index in [-0.39, 0.29) is 17.9 Å². The molecule has 12 heteroatoms. The van der Waals surface area contributed by atoms with Gasteiger partial charge in [-0.05, 0) is 31.5 Å². The first-order chi connectivity index (χ1) is 20.2. The number of ether oxygens (including phenoxy) is 3. The van der Waals surface area contributed by atoms with Gasteiger partial charge in [0.2, 0.25) is 11.9 Å². The van der Waals surface area contributed by atoms with Crippen molar-refractivity contribution < 1.29 is 23.8 Å². The molecule has 0 radical (unpaired) electrons. The second-order valence-electron chi connectivity index (χ2n) is 10.8. The number of benzene rings is 1. The zero-order valence-electron chi connectivity index (χ0n) is 25.2. The fraction of sp³-hybridized carbons (Fsp3) is 0.500. The summed E-state index contributed by atoms with van der Waals surface area (Å²) in [4.78, 5) is 40.8. The Morgan fingerprint density at radius 3 is 2.57 bits per heavy atom. The van der Waals surface area contributed by atoms with Crippen LogP contribution in [0.2, 0.25) is 0 Å². The highest BCUT2D eigenvalue weighted by Crippen LogP contribution is 2.29. The fourth-order valence-corrected chi connectivity index (χ4v) is 4.78. The summed E-state index contributed by atoms with van der Waals surface area (Å²) in [6, 6.07) is 7.34. The van der Waals surface area contributed by atoms with Gasteiger partial charge in [0.1, 0.15) is 17.0 Å². The molecule has 3 aromatic rings. The maximum Gasteiger partial charge on any atom is 0.255 e. The Balaban J connectivity index is 1.69. The quantitative estimate of drug-likeness (QED) is 0.259. The molecule has 12 nitrogen and oxygen atoms in total. The third-order valence-electron chi connectivity index (χ3n) is 7.41. The number of carbonyl (C=O) groups is 2. The molecule has 1 aliphatic rings. The van der Waals surface area contributed by atoms with Gasteiger partial charge in [-0.2, -0.15) is 4.98 Å². The summed E-state index contributed by atoms with van der Waals surface area (Å²) in [7, 11) is 4.86. The number of nitrogens with one attached hydrogen (secondary N) is 3. The molecular formula is C30H41N7O5. The van der Waals surface area contributed by atoms with Crippen LogP contribution in [0.25, 0.3) is 11.0 Å². The lowest BCUT2D eigenvalue weighted by molar-refractivity contribution is -0.119. The molecule has 1 aromatic carbocycles. The maximum absolute atomic E-state index is 13.1. The van der Waals surface area contributed by atoms with Crippen LogP contribution in [-0.2, 0) is 16.1 Å². The van der Waals surface area contributed by atoms with Crippen molar-refractivity contribution in [2.45, 2.75) is 58.2 Å². The van der Waals surface area contributed by atoms with E-state index in [1.165, 1.54) is 6.92 Å². The average Bonchev–Trinajstić information content (AvgIpc) is 2.97. The van der Waals surface area contributed by atoms with E-state index in [1.807, 2.05) is 18.2 Å². The van der Waals surface area contributed by atoms with E-state index in [1.54, 1.807) is 38.5 Å². The molecule has 0 spiro atoms. The van der Waals surface area contributed by atoms with Crippen molar-refractivity contribution in [1.82, 2.24) is 25.2 Å². The number of methoxy groups -OCH3 is 3. The lowest BCUT2D eigenvalue weighted by Crippen LogP contribution is -2.54. The minimum absolute atomic E-state index is 0.0515. The maximum atomic E-state index is 13.1. The average molecular weight is 580 g/mol. The van der Waals surface area contributed by atoms with E-state index < -0.39 is 5.54 Å². The van der Waals surface area contributed by atoms with E-state index in [4.69, 9.17) is 24.2 Å². The molecule has 3 heterocycles. The highest BCUT2D eigenvalue weighted by Gasteiger charge is 2.32. The van der Waals surface area contributed by atoms with E-state index in [9.17, 15) is 9.59 Å². The number of likely N-dealkylation sites (tertiary alicyclic amines) is 1. The Labute approximate surface area is 246 Å². The number of fused-ring (bicyclic) bond motifs is 1. The molecule has 226 valence electrons. The predicted molar refractivity (Wildman–Crippen MR) is 161 cm³/mol. The summed E-state index contributed by atoms with van der Waals surface area (Å²) in [5.74, 6) is 2.00. The van der Waals surface area contributed by atoms with Crippen LogP contribution < -0.4 is 25.4 Å². The molecule has 2 aromatic heterocycles. The number of hydrogen-bond acceptors (Lipinski definition) is 10. The lowest BCUT2D eigenvalue weighted by atomic mass is 9.94. The van der Waals surface area contributed by atoms with Gasteiger partial charge in [0.25, 0.3) is 5.91 Å². The number of pyridine rings is 1. The summed E-state index contributed by atoms with van der Waals surface area (Å²) in [5.41, 5.74) is 1.88. The van der Waals surface area contributed by atoms with Crippen LogP contribution in [0.15, 0.2) is 30.5 Å². The molecule has 0 aliphatic carbocycles. The first-order valence-corrected chi connectivity index (χ1v) is 14.2. The van der Waals surface area contributed by atoms with Gasteiger partial charge >= 0.3 is 0 Å². The van der Waals surface area contributed by atoms with Gasteiger partial charge in [0, 0.05) is 58.0 Å². The van der Waals surface area contributed by atoms with Crippen LogP contribution in [0, 0.1) is 0 Å². The second-order valence-corrected chi connectivity index (χ2v) is 10.8. The van der Waals surface area contributed by atoms with Gasteiger partial charge in [-0.15, -0.1) is 0 Å².